The number of aliphatic hydroxyl groups excluding tert-OH is 2. The second-order valence-corrected chi connectivity index (χ2v) is 15.3. The molecule has 2 N–H and O–H groups in total. The summed E-state index contributed by atoms with van der Waals surface area (Å²) in [6, 6.07) is 0. The quantitative estimate of drug-likeness (QED) is 0.127. The van der Waals surface area contributed by atoms with E-state index in [1.165, 1.54) is 69.8 Å². The molecule has 4 rings (SSSR count). The van der Waals surface area contributed by atoms with E-state index in [0.29, 0.717) is 36.4 Å². The number of hydrogen-bond donors (Lipinski definition) is 2. The molecule has 4 heteroatoms. The number of fused-ring (bicyclic) bond motifs is 1. The number of methoxy groups -OCH3 is 1. The number of unbranched alkanes of at least 4 members (excludes halogenated alkanes) is 6. The van der Waals surface area contributed by atoms with E-state index in [2.05, 4.69) is 51.7 Å². The number of aliphatic hydroxyl groups is 2. The highest BCUT2D eigenvalue weighted by Gasteiger charge is 2.50. The van der Waals surface area contributed by atoms with Gasteiger partial charge in [-0.15, -0.1) is 0 Å². The maximum atomic E-state index is 13.1. The molecule has 0 bridgehead atoms. The van der Waals surface area contributed by atoms with Gasteiger partial charge in [-0.1, -0.05) is 95.8 Å². The summed E-state index contributed by atoms with van der Waals surface area (Å²) in [6.07, 6.45) is 28.8. The molecule has 4 saturated carbocycles. The summed E-state index contributed by atoms with van der Waals surface area (Å²) < 4.78 is 5.92. The number of carbonyl (C=O) groups is 1. The van der Waals surface area contributed by atoms with Crippen molar-refractivity contribution < 1.29 is 19.7 Å². The van der Waals surface area contributed by atoms with E-state index in [1.807, 2.05) is 7.11 Å². The third kappa shape index (κ3) is 8.85. The maximum absolute atomic E-state index is 13.1. The van der Waals surface area contributed by atoms with Gasteiger partial charge in [0.1, 0.15) is 5.78 Å². The Labute approximate surface area is 269 Å². The number of Topliss-reactive ketones (excluding diaryl/α,β-unsaturated/α-hetero) is 1. The van der Waals surface area contributed by atoms with Crippen LogP contribution in [0.25, 0.3) is 0 Å². The Morgan fingerprint density at radius 3 is 2.48 bits per heavy atom. The van der Waals surface area contributed by atoms with Gasteiger partial charge in [-0.3, -0.25) is 4.79 Å². The Bertz CT molecular complexity index is 1050. The monoisotopic (exact) mass is 608 g/mol. The van der Waals surface area contributed by atoms with Crippen LogP contribution in [-0.4, -0.2) is 41.4 Å². The molecule has 0 aromatic heterocycles. The van der Waals surface area contributed by atoms with Crippen LogP contribution in [-0.2, 0) is 9.53 Å². The fourth-order valence-electron chi connectivity index (χ4n) is 9.08. The number of carbonyl (C=O) groups excluding carboxylic acids is 1. The Morgan fingerprint density at radius 1 is 1.05 bits per heavy atom. The summed E-state index contributed by atoms with van der Waals surface area (Å²) in [5.41, 5.74) is 3.55. The van der Waals surface area contributed by atoms with Gasteiger partial charge in [0.05, 0.1) is 18.3 Å². The van der Waals surface area contributed by atoms with E-state index in [1.54, 1.807) is 0 Å². The smallest absolute Gasteiger partial charge is 0.139 e. The van der Waals surface area contributed by atoms with Crippen LogP contribution in [0.2, 0.25) is 0 Å². The van der Waals surface area contributed by atoms with Gasteiger partial charge in [-0.2, -0.15) is 0 Å². The van der Waals surface area contributed by atoms with Crippen molar-refractivity contribution in [3.63, 3.8) is 0 Å². The van der Waals surface area contributed by atoms with Crippen LogP contribution in [0.4, 0.5) is 0 Å². The van der Waals surface area contributed by atoms with Gasteiger partial charge < -0.3 is 14.9 Å². The number of allylic oxidation sites excluding steroid dienone is 4. The van der Waals surface area contributed by atoms with Crippen molar-refractivity contribution in [3.05, 3.63) is 47.6 Å². The van der Waals surface area contributed by atoms with Crippen molar-refractivity contribution in [2.75, 3.05) is 7.11 Å². The van der Waals surface area contributed by atoms with E-state index in [4.69, 9.17) is 4.74 Å². The lowest BCUT2D eigenvalue weighted by Gasteiger charge is -2.44. The first-order valence-electron chi connectivity index (χ1n) is 18.3. The number of ether oxygens (including phenoxy) is 1. The van der Waals surface area contributed by atoms with Crippen molar-refractivity contribution >= 4 is 5.78 Å². The molecule has 0 spiro atoms. The predicted molar refractivity (Wildman–Crippen MR) is 182 cm³/mol. The van der Waals surface area contributed by atoms with Crippen molar-refractivity contribution in [2.45, 2.75) is 161 Å². The van der Waals surface area contributed by atoms with Crippen molar-refractivity contribution in [1.29, 1.82) is 0 Å². The first kappa shape index (κ1) is 35.4. The lowest BCUT2D eigenvalue weighted by molar-refractivity contribution is -0.124. The lowest BCUT2D eigenvalue weighted by atomic mass is 9.61. The highest BCUT2D eigenvalue weighted by Crippen LogP contribution is 2.59. The van der Waals surface area contributed by atoms with Crippen molar-refractivity contribution in [3.8, 4) is 0 Å². The topological polar surface area (TPSA) is 66.8 Å². The third-order valence-electron chi connectivity index (χ3n) is 12.2. The lowest BCUT2D eigenvalue weighted by Crippen LogP contribution is -2.35. The normalized spacial score (nSPS) is 33.2. The van der Waals surface area contributed by atoms with Gasteiger partial charge in [0.15, 0.2) is 0 Å². The Morgan fingerprint density at radius 2 is 1.77 bits per heavy atom. The molecule has 4 aliphatic carbocycles. The van der Waals surface area contributed by atoms with Gasteiger partial charge >= 0.3 is 0 Å². The van der Waals surface area contributed by atoms with E-state index in [9.17, 15) is 15.0 Å². The van der Waals surface area contributed by atoms with Crippen LogP contribution in [0.15, 0.2) is 47.6 Å². The molecule has 248 valence electrons. The molecule has 7 atom stereocenters. The Hall–Kier alpha value is -1.49. The molecule has 4 fully saturated rings. The number of rotatable bonds is 17. The molecule has 0 radical (unpaired) electrons. The molecule has 44 heavy (non-hydrogen) atoms. The van der Waals surface area contributed by atoms with E-state index in [-0.39, 0.29) is 16.9 Å². The Balaban J connectivity index is 1.28. The zero-order valence-electron chi connectivity index (χ0n) is 28.6. The molecule has 0 saturated heterocycles. The van der Waals surface area contributed by atoms with Gasteiger partial charge in [0.2, 0.25) is 0 Å². The van der Waals surface area contributed by atoms with Crippen LogP contribution in [0.1, 0.15) is 143 Å². The SMILES string of the molecule is C=C1/C(=C\C=C2/CCC[C@]3(C)[C@@H]([C@H](C)/C=C/[C@@H](CCC4(C(=O)CCCCCCCCC)CC4)OC)CC[C@@H]23)C[C@@H](O)C[C@@H]1O. The van der Waals surface area contributed by atoms with Crippen LogP contribution < -0.4 is 0 Å². The maximum Gasteiger partial charge on any atom is 0.139 e. The first-order chi connectivity index (χ1) is 21.1. The minimum Gasteiger partial charge on any atom is -0.393 e. The van der Waals surface area contributed by atoms with E-state index >= 15 is 0 Å². The minimum atomic E-state index is -0.635. The van der Waals surface area contributed by atoms with Crippen LogP contribution >= 0.6 is 0 Å². The summed E-state index contributed by atoms with van der Waals surface area (Å²) in [5.74, 6) is 2.23. The molecule has 0 heterocycles. The average Bonchev–Trinajstić information content (AvgIpc) is 3.71. The van der Waals surface area contributed by atoms with Gasteiger partial charge in [0, 0.05) is 25.4 Å². The second-order valence-electron chi connectivity index (χ2n) is 15.3. The van der Waals surface area contributed by atoms with Crippen LogP contribution in [0.5, 0.6) is 0 Å². The fourth-order valence-corrected chi connectivity index (χ4v) is 9.08. The highest BCUT2D eigenvalue weighted by molar-refractivity contribution is 5.87. The van der Waals surface area contributed by atoms with E-state index in [0.717, 1.165) is 56.1 Å². The summed E-state index contributed by atoms with van der Waals surface area (Å²) in [7, 11) is 1.82. The molecular formula is C40H64O4. The van der Waals surface area contributed by atoms with Crippen molar-refractivity contribution in [1.82, 2.24) is 0 Å². The predicted octanol–water partition coefficient (Wildman–Crippen LogP) is 9.60. The molecular weight excluding hydrogens is 544 g/mol. The van der Waals surface area contributed by atoms with Crippen molar-refractivity contribution in [2.24, 2.45) is 28.6 Å². The minimum absolute atomic E-state index is 0.0507. The van der Waals surface area contributed by atoms with Crippen LogP contribution in [0.3, 0.4) is 0 Å². The summed E-state index contributed by atoms with van der Waals surface area (Å²) >= 11 is 0. The number of hydrogen-bond acceptors (Lipinski definition) is 4. The zero-order valence-corrected chi connectivity index (χ0v) is 28.6. The summed E-state index contributed by atoms with van der Waals surface area (Å²) in [6.45, 7) is 11.3. The molecule has 0 unspecified atom stereocenters. The highest BCUT2D eigenvalue weighted by atomic mass is 16.5. The van der Waals surface area contributed by atoms with E-state index < -0.39 is 12.2 Å². The molecule has 4 nitrogen and oxygen atoms in total. The average molecular weight is 609 g/mol. The van der Waals surface area contributed by atoms with Gasteiger partial charge in [-0.25, -0.2) is 0 Å². The second kappa shape index (κ2) is 16.4. The number of ketones is 1. The molecule has 0 aliphatic heterocycles. The largest absolute Gasteiger partial charge is 0.393 e. The third-order valence-corrected chi connectivity index (χ3v) is 12.2. The molecule has 0 amide bonds. The standard InChI is InChI=1S/C40H64O4/c1-6-7-8-9-10-11-12-15-38(43)40(25-26-40)24-22-34(44-5)19-16-29(2)35-20-21-36-31(14-13-23-39(35,36)4)17-18-32-27-33(41)28-37(42)30(32)3/h16-19,29,33-37,41-42H,3,6-15,20-28H2,1-2,4-5H3/b19-16+,31-17+,32-18-/t29-,33-,34+,35-,36+,37+,39-/m1/s1. The fraction of sp³-hybridized carbons (Fsp3) is 0.775. The Kier molecular flexibility index (Phi) is 13.2. The molecule has 0 aromatic carbocycles. The van der Waals surface area contributed by atoms with Crippen LogP contribution in [0, 0.1) is 28.6 Å². The molecule has 4 aliphatic rings. The first-order valence-corrected chi connectivity index (χ1v) is 18.3. The molecule has 0 aromatic rings. The zero-order chi connectivity index (χ0) is 31.7. The summed E-state index contributed by atoms with van der Waals surface area (Å²) in [5, 5.41) is 20.4. The van der Waals surface area contributed by atoms with Gasteiger partial charge in [-0.05, 0) is 105 Å². The van der Waals surface area contributed by atoms with Gasteiger partial charge in [0.25, 0.3) is 0 Å². The summed E-state index contributed by atoms with van der Waals surface area (Å²) in [4.78, 5) is 13.1.